The highest BCUT2D eigenvalue weighted by Gasteiger charge is 2.14. The fourth-order valence-corrected chi connectivity index (χ4v) is 1.44. The van der Waals surface area contributed by atoms with Gasteiger partial charge in [-0.3, -0.25) is 9.59 Å². The molecule has 21 heavy (non-hydrogen) atoms. The van der Waals surface area contributed by atoms with Gasteiger partial charge in [-0.2, -0.15) is 0 Å². The number of nitrogens with one attached hydrogen (secondary N) is 1. The number of aliphatic carboxylic acids is 1. The van der Waals surface area contributed by atoms with Gasteiger partial charge < -0.3 is 15.5 Å². The average molecular weight is 297 g/mol. The lowest BCUT2D eigenvalue weighted by molar-refractivity contribution is -0.135. The van der Waals surface area contributed by atoms with E-state index >= 15 is 0 Å². The van der Waals surface area contributed by atoms with Crippen LogP contribution in [0.3, 0.4) is 0 Å². The van der Waals surface area contributed by atoms with Crippen LogP contribution in [-0.2, 0) is 4.79 Å². The molecule has 7 heteroatoms. The van der Waals surface area contributed by atoms with E-state index in [4.69, 9.17) is 9.76 Å². The fourth-order valence-electron chi connectivity index (χ4n) is 1.44. The van der Waals surface area contributed by atoms with Crippen LogP contribution >= 0.6 is 0 Å². The number of pyridine rings is 1. The quantitative estimate of drug-likeness (QED) is 0.775. The lowest BCUT2D eigenvalue weighted by Crippen LogP contribution is -2.29. The largest absolute Gasteiger partial charge is 0.505 e. The summed E-state index contributed by atoms with van der Waals surface area (Å²) in [6.45, 7) is -3.40. The topological polar surface area (TPSA) is 99.5 Å². The molecular weight excluding hydrogens is 279 g/mol. The van der Waals surface area contributed by atoms with E-state index in [1.165, 1.54) is 12.1 Å². The Kier molecular flexibility index (Phi) is 2.21. The van der Waals surface area contributed by atoms with E-state index in [-0.39, 0.29) is 11.1 Å². The number of rotatable bonds is 5. The number of halogens is 1. The molecule has 0 spiro atoms. The van der Waals surface area contributed by atoms with E-state index in [9.17, 15) is 14.0 Å². The Hall–Kier alpha value is -2.96. The molecule has 2 aromatic rings. The van der Waals surface area contributed by atoms with Crippen LogP contribution in [0.5, 0.6) is 5.75 Å². The molecule has 0 atom stereocenters. The van der Waals surface area contributed by atoms with Crippen molar-refractivity contribution in [2.45, 2.75) is 0 Å². The van der Waals surface area contributed by atoms with Crippen LogP contribution < -0.4 is 5.31 Å². The number of hydrogen-bond acceptors (Lipinski definition) is 5. The number of carboxylic acid groups (broad SMARTS) is 1. The SMILES string of the molecule is [2H]OC(=O)C([2H])([2H])N([2H])C(=O)c1nc([2H])c(-c2cccc(F)c2)c([2H])c1O[2H]. The minimum Gasteiger partial charge on any atom is -0.505 e. The van der Waals surface area contributed by atoms with Gasteiger partial charge in [-0.05, 0) is 23.7 Å². The summed E-state index contributed by atoms with van der Waals surface area (Å²) in [6.07, 6.45) is -0.711. The summed E-state index contributed by atoms with van der Waals surface area (Å²) in [5.74, 6) is -5.03. The molecule has 3 N–H and O–H groups in total. The predicted octanol–water partition coefficient (Wildman–Crippen LogP) is 1.41. The Bertz CT molecular complexity index is 944. The summed E-state index contributed by atoms with van der Waals surface area (Å²) >= 11 is 0. The van der Waals surface area contributed by atoms with Crippen molar-refractivity contribution in [3.63, 3.8) is 0 Å². The second kappa shape index (κ2) is 6.00. The van der Waals surface area contributed by atoms with Crippen molar-refractivity contribution in [2.24, 2.45) is 0 Å². The third kappa shape index (κ3) is 3.53. The molecule has 0 unspecified atom stereocenters. The molecule has 6 nitrogen and oxygen atoms in total. The zero-order chi connectivity index (χ0) is 21.2. The predicted molar refractivity (Wildman–Crippen MR) is 71.3 cm³/mol. The maximum absolute atomic E-state index is 13.5. The molecule has 1 aromatic heterocycles. The lowest BCUT2D eigenvalue weighted by atomic mass is 10.1. The number of aromatic nitrogens is 1. The van der Waals surface area contributed by atoms with Crippen LogP contribution in [0.15, 0.2) is 36.5 Å². The summed E-state index contributed by atoms with van der Waals surface area (Å²) in [5, 5.41) is 7.13. The van der Waals surface area contributed by atoms with Crippen molar-refractivity contribution in [3.8, 4) is 16.9 Å². The van der Waals surface area contributed by atoms with Crippen LogP contribution in [0.1, 0.15) is 16.0 Å². The molecule has 0 radical (unpaired) electrons. The Morgan fingerprint density at radius 2 is 2.38 bits per heavy atom. The minimum atomic E-state index is -3.40. The first-order chi connectivity index (χ1) is 13.1. The maximum Gasteiger partial charge on any atom is 0.322 e. The van der Waals surface area contributed by atoms with E-state index in [1.54, 1.807) is 0 Å². The monoisotopic (exact) mass is 297 g/mol. The first kappa shape index (κ1) is 7.72. The molecule has 0 saturated carbocycles. The van der Waals surface area contributed by atoms with Gasteiger partial charge in [0.15, 0.2) is 7.11 Å². The minimum absolute atomic E-state index is 0.0376. The lowest BCUT2D eigenvalue weighted by Gasteiger charge is -2.07. The van der Waals surface area contributed by atoms with Gasteiger partial charge in [0.2, 0.25) is 0 Å². The molecule has 0 aliphatic carbocycles. The van der Waals surface area contributed by atoms with Crippen molar-refractivity contribution >= 4 is 11.9 Å². The van der Waals surface area contributed by atoms with Gasteiger partial charge in [-0.1, -0.05) is 12.1 Å². The average Bonchev–Trinajstić information content (AvgIpc) is 2.65. The fraction of sp³-hybridized carbons (Fsp3) is 0.0714. The highest BCUT2D eigenvalue weighted by molar-refractivity contribution is 5.96. The molecule has 0 aliphatic rings. The molecule has 1 heterocycles. The van der Waals surface area contributed by atoms with E-state index in [2.05, 4.69) is 15.2 Å². The molecule has 0 fully saturated rings. The standard InChI is InChI=1S/C14H11FN2O4/c15-10-3-1-2-8(4-10)9-5-11(18)13(16-6-9)14(21)17-7-12(19)20/h1-6,18H,7H2,(H,17,21)(H,19,20)/i5D,6D,7D2/hD3. The van der Waals surface area contributed by atoms with Crippen LogP contribution in [-0.4, -0.2) is 35.0 Å². The zero-order valence-corrected chi connectivity index (χ0v) is 10.2. The molecule has 108 valence electrons. The van der Waals surface area contributed by atoms with E-state index < -0.39 is 53.2 Å². The summed E-state index contributed by atoms with van der Waals surface area (Å²) in [7, 11) is 0. The van der Waals surface area contributed by atoms with E-state index in [1.807, 2.05) is 0 Å². The second-order valence-corrected chi connectivity index (χ2v) is 3.73. The van der Waals surface area contributed by atoms with Crippen LogP contribution in [0, 0.1) is 5.82 Å². The molecule has 0 aliphatic heterocycles. The van der Waals surface area contributed by atoms with Crippen molar-refractivity contribution in [3.05, 3.63) is 48.0 Å². The van der Waals surface area contributed by atoms with Crippen LogP contribution in [0.4, 0.5) is 4.39 Å². The van der Waals surface area contributed by atoms with Gasteiger partial charge >= 0.3 is 5.97 Å². The van der Waals surface area contributed by atoms with Crippen molar-refractivity contribution < 1.29 is 31.1 Å². The number of hydrogen-bond donors (Lipinski definition) is 3. The Labute approximate surface area is 128 Å². The van der Waals surface area contributed by atoms with Crippen molar-refractivity contribution in [1.29, 1.82) is 2.86 Å². The zero-order valence-electron chi connectivity index (χ0n) is 17.2. The van der Waals surface area contributed by atoms with Crippen LogP contribution in [0.25, 0.3) is 12.6 Å². The first-order valence-corrected chi connectivity index (χ1v) is 5.47. The Morgan fingerprint density at radius 3 is 3.10 bits per heavy atom. The summed E-state index contributed by atoms with van der Waals surface area (Å²) in [6, 6.07) is 4.06. The number of carbonyl (C=O) groups excluding carboxylic acids is 1. The molecule has 1 amide bonds. The highest BCUT2D eigenvalue weighted by atomic mass is 19.1. The number of carboxylic acids is 1. The summed E-state index contributed by atoms with van der Waals surface area (Å²) in [4.78, 5) is 27.2. The van der Waals surface area contributed by atoms with Gasteiger partial charge in [0.25, 0.3) is 8.77 Å². The number of benzene rings is 1. The van der Waals surface area contributed by atoms with Crippen molar-refractivity contribution in [2.75, 3.05) is 6.50 Å². The van der Waals surface area contributed by atoms with E-state index in [0.717, 1.165) is 12.1 Å². The second-order valence-electron chi connectivity index (χ2n) is 3.73. The Morgan fingerprint density at radius 1 is 1.52 bits per heavy atom. The smallest absolute Gasteiger partial charge is 0.322 e. The van der Waals surface area contributed by atoms with Crippen LogP contribution in [0.2, 0.25) is 1.41 Å². The Balaban J connectivity index is 2.61. The van der Waals surface area contributed by atoms with Gasteiger partial charge in [0, 0.05) is 11.7 Å². The van der Waals surface area contributed by atoms with Gasteiger partial charge in [-0.15, -0.1) is 0 Å². The maximum atomic E-state index is 13.5. The van der Waals surface area contributed by atoms with Gasteiger partial charge in [-0.25, -0.2) is 9.37 Å². The third-order valence-corrected chi connectivity index (χ3v) is 2.30. The third-order valence-electron chi connectivity index (χ3n) is 2.30. The number of amides is 1. The first-order valence-electron chi connectivity index (χ1n) is 8.73. The molecule has 2 rings (SSSR count). The molecule has 0 saturated heterocycles. The number of aromatic hydroxyl groups is 1. The highest BCUT2D eigenvalue weighted by Crippen LogP contribution is 2.25. The summed E-state index contributed by atoms with van der Waals surface area (Å²) in [5.41, 5.74) is -1.21. The van der Waals surface area contributed by atoms with E-state index in [0.29, 0.717) is 0 Å². The normalized spacial score (nSPS) is 15.2. The van der Waals surface area contributed by atoms with Crippen molar-refractivity contribution in [1.82, 2.24) is 10.3 Å². The summed E-state index contributed by atoms with van der Waals surface area (Å²) < 4.78 is 65.2. The number of nitrogens with zero attached hydrogens (tertiary/aromatic N) is 1. The molecule has 0 bridgehead atoms. The van der Waals surface area contributed by atoms with Gasteiger partial charge in [0.05, 0.1) is 5.48 Å². The molecular formula is C14H11FN2O4. The van der Waals surface area contributed by atoms with Gasteiger partial charge in [0.1, 0.15) is 18.1 Å². The number of carbonyl (C=O) groups is 2. The molecule has 1 aromatic carbocycles.